The molecule has 0 aromatic heterocycles. The highest BCUT2D eigenvalue weighted by Crippen LogP contribution is 2.30. The first-order valence-electron chi connectivity index (χ1n) is 11.9. The number of nitrogens with zero attached hydrogens (tertiary/aromatic N) is 1. The number of amides is 2. The maximum absolute atomic E-state index is 13.0. The van der Waals surface area contributed by atoms with E-state index in [0.717, 1.165) is 38.5 Å². The van der Waals surface area contributed by atoms with E-state index >= 15 is 0 Å². The minimum Gasteiger partial charge on any atom is -0.492 e. The summed E-state index contributed by atoms with van der Waals surface area (Å²) in [6.45, 7) is 4.41. The van der Waals surface area contributed by atoms with Crippen molar-refractivity contribution in [2.75, 3.05) is 38.2 Å². The van der Waals surface area contributed by atoms with Crippen LogP contribution in [0.3, 0.4) is 0 Å². The Morgan fingerprint density at radius 3 is 2.53 bits per heavy atom. The van der Waals surface area contributed by atoms with Gasteiger partial charge in [0.15, 0.2) is 0 Å². The van der Waals surface area contributed by atoms with Crippen molar-refractivity contribution in [2.24, 2.45) is 0 Å². The molecule has 2 aliphatic rings. The second-order valence-electron chi connectivity index (χ2n) is 8.42. The number of nitrogens with one attached hydrogen (secondary N) is 2. The third-order valence-electron chi connectivity index (χ3n) is 5.96. The van der Waals surface area contributed by atoms with E-state index in [1.54, 1.807) is 12.1 Å². The molecular weight excluding hydrogens is 430 g/mol. The molecule has 0 radical (unpaired) electrons. The Labute approximate surface area is 192 Å². The number of anilines is 1. The maximum Gasteiger partial charge on any atom is 0.319 e. The molecule has 3 rings (SSSR count). The molecule has 1 saturated carbocycles. The van der Waals surface area contributed by atoms with Crippen LogP contribution in [-0.2, 0) is 14.8 Å². The van der Waals surface area contributed by atoms with Gasteiger partial charge in [0.1, 0.15) is 5.75 Å². The summed E-state index contributed by atoms with van der Waals surface area (Å²) in [6, 6.07) is 4.24. The summed E-state index contributed by atoms with van der Waals surface area (Å²) in [5, 5.41) is 5.57. The average Bonchev–Trinajstić information content (AvgIpc) is 2.81. The molecule has 1 saturated heterocycles. The number of carbonyl (C=O) groups is 1. The zero-order valence-electron chi connectivity index (χ0n) is 19.1. The summed E-state index contributed by atoms with van der Waals surface area (Å²) in [5.41, 5.74) is 0.348. The van der Waals surface area contributed by atoms with E-state index in [1.165, 1.54) is 29.6 Å². The standard InChI is InChI=1S/C23H37N3O5S/c1-2-30-22-13-12-20(32(28,29)26-15-7-4-8-16-26)18-21(22)25-23(27)24-14-9-17-31-19-10-5-3-6-11-19/h12-13,18-19H,2-11,14-17H2,1H3,(H2,24,25,27). The predicted molar refractivity (Wildman–Crippen MR) is 125 cm³/mol. The number of ether oxygens (including phenoxy) is 2. The normalized spacial score (nSPS) is 18.3. The summed E-state index contributed by atoms with van der Waals surface area (Å²) in [7, 11) is -3.60. The second kappa shape index (κ2) is 12.4. The van der Waals surface area contributed by atoms with Crippen molar-refractivity contribution in [2.45, 2.75) is 75.7 Å². The van der Waals surface area contributed by atoms with Gasteiger partial charge in [0.2, 0.25) is 10.0 Å². The molecule has 0 bridgehead atoms. The molecule has 1 aromatic rings. The number of sulfonamides is 1. The van der Waals surface area contributed by atoms with Gasteiger partial charge < -0.3 is 20.1 Å². The predicted octanol–water partition coefficient (Wildman–Crippen LogP) is 4.12. The summed E-state index contributed by atoms with van der Waals surface area (Å²) >= 11 is 0. The van der Waals surface area contributed by atoms with Crippen molar-refractivity contribution in [3.63, 3.8) is 0 Å². The molecule has 0 unspecified atom stereocenters. The van der Waals surface area contributed by atoms with Crippen LogP contribution in [0.15, 0.2) is 23.1 Å². The van der Waals surface area contributed by atoms with E-state index in [1.807, 2.05) is 6.92 Å². The van der Waals surface area contributed by atoms with E-state index in [-0.39, 0.29) is 4.90 Å². The molecule has 0 atom stereocenters. The van der Waals surface area contributed by atoms with Gasteiger partial charge in [-0.1, -0.05) is 25.7 Å². The highest BCUT2D eigenvalue weighted by Gasteiger charge is 2.27. The molecule has 2 N–H and O–H groups in total. The quantitative estimate of drug-likeness (QED) is 0.505. The smallest absolute Gasteiger partial charge is 0.319 e. The third-order valence-corrected chi connectivity index (χ3v) is 7.86. The van der Waals surface area contributed by atoms with Gasteiger partial charge in [0, 0.05) is 26.2 Å². The van der Waals surface area contributed by atoms with Gasteiger partial charge in [-0.2, -0.15) is 4.31 Å². The number of hydrogen-bond donors (Lipinski definition) is 2. The first-order chi connectivity index (χ1) is 15.5. The zero-order valence-corrected chi connectivity index (χ0v) is 19.9. The number of piperidine rings is 1. The monoisotopic (exact) mass is 467 g/mol. The fourth-order valence-electron chi connectivity index (χ4n) is 4.23. The molecule has 180 valence electrons. The first-order valence-corrected chi connectivity index (χ1v) is 13.4. The van der Waals surface area contributed by atoms with Crippen molar-refractivity contribution in [3.8, 4) is 5.75 Å². The van der Waals surface area contributed by atoms with Gasteiger partial charge in [-0.3, -0.25) is 0 Å². The third kappa shape index (κ3) is 7.08. The Kier molecular flexibility index (Phi) is 9.62. The Hall–Kier alpha value is -1.84. The highest BCUT2D eigenvalue weighted by molar-refractivity contribution is 7.89. The van der Waals surface area contributed by atoms with Crippen LogP contribution in [-0.4, -0.2) is 57.7 Å². The molecule has 1 aromatic carbocycles. The van der Waals surface area contributed by atoms with Crippen LogP contribution < -0.4 is 15.4 Å². The average molecular weight is 468 g/mol. The van der Waals surface area contributed by atoms with Gasteiger partial charge in [-0.05, 0) is 57.2 Å². The molecule has 9 heteroatoms. The lowest BCUT2D eigenvalue weighted by Gasteiger charge is -2.26. The second-order valence-corrected chi connectivity index (χ2v) is 10.4. The van der Waals surface area contributed by atoms with Crippen molar-refractivity contribution < 1.29 is 22.7 Å². The molecule has 2 fully saturated rings. The Balaban J connectivity index is 1.55. The van der Waals surface area contributed by atoms with Gasteiger partial charge in [-0.25, -0.2) is 13.2 Å². The fourth-order valence-corrected chi connectivity index (χ4v) is 5.77. The van der Waals surface area contributed by atoms with E-state index in [4.69, 9.17) is 9.47 Å². The summed E-state index contributed by atoms with van der Waals surface area (Å²) in [4.78, 5) is 12.6. The summed E-state index contributed by atoms with van der Waals surface area (Å²) < 4.78 is 39.0. The zero-order chi connectivity index (χ0) is 22.8. The lowest BCUT2D eigenvalue weighted by atomic mass is 9.98. The van der Waals surface area contributed by atoms with Gasteiger partial charge in [0.25, 0.3) is 0 Å². The maximum atomic E-state index is 13.0. The number of carbonyl (C=O) groups excluding carboxylic acids is 1. The number of rotatable bonds is 10. The van der Waals surface area contributed by atoms with Crippen LogP contribution in [0, 0.1) is 0 Å². The Bertz CT molecular complexity index is 834. The number of urea groups is 1. The van der Waals surface area contributed by atoms with Gasteiger partial charge in [-0.15, -0.1) is 0 Å². The lowest BCUT2D eigenvalue weighted by Crippen LogP contribution is -2.35. The van der Waals surface area contributed by atoms with Gasteiger partial charge in [0.05, 0.1) is 23.3 Å². The molecule has 2 amide bonds. The van der Waals surface area contributed by atoms with E-state index in [0.29, 0.717) is 50.4 Å². The minimum atomic E-state index is -3.60. The first kappa shape index (κ1) is 24.8. The van der Waals surface area contributed by atoms with E-state index < -0.39 is 16.1 Å². The summed E-state index contributed by atoms with van der Waals surface area (Å²) in [6.07, 6.45) is 9.90. The molecule has 32 heavy (non-hydrogen) atoms. The van der Waals surface area contributed by atoms with Crippen molar-refractivity contribution in [3.05, 3.63) is 18.2 Å². The van der Waals surface area contributed by atoms with Crippen LogP contribution in [0.25, 0.3) is 0 Å². The Morgan fingerprint density at radius 1 is 1.09 bits per heavy atom. The SMILES string of the molecule is CCOc1ccc(S(=O)(=O)N2CCCCC2)cc1NC(=O)NCCCOC1CCCCC1. The van der Waals surface area contributed by atoms with Gasteiger partial charge >= 0.3 is 6.03 Å². The van der Waals surface area contributed by atoms with E-state index in [9.17, 15) is 13.2 Å². The minimum absolute atomic E-state index is 0.166. The largest absolute Gasteiger partial charge is 0.492 e. The van der Waals surface area contributed by atoms with Crippen LogP contribution >= 0.6 is 0 Å². The number of benzene rings is 1. The summed E-state index contributed by atoms with van der Waals surface area (Å²) in [5.74, 6) is 0.445. The molecule has 1 aliphatic carbocycles. The lowest BCUT2D eigenvalue weighted by molar-refractivity contribution is 0.0276. The molecule has 8 nitrogen and oxygen atoms in total. The van der Waals surface area contributed by atoms with Crippen LogP contribution in [0.5, 0.6) is 5.75 Å². The number of hydrogen-bond acceptors (Lipinski definition) is 5. The van der Waals surface area contributed by atoms with Crippen molar-refractivity contribution in [1.29, 1.82) is 0 Å². The Morgan fingerprint density at radius 2 is 1.81 bits per heavy atom. The van der Waals surface area contributed by atoms with Crippen molar-refractivity contribution >= 4 is 21.7 Å². The van der Waals surface area contributed by atoms with Crippen LogP contribution in [0.1, 0.15) is 64.7 Å². The highest BCUT2D eigenvalue weighted by atomic mass is 32.2. The fraction of sp³-hybridized carbons (Fsp3) is 0.696. The van der Waals surface area contributed by atoms with Crippen LogP contribution in [0.2, 0.25) is 0 Å². The molecule has 0 spiro atoms. The van der Waals surface area contributed by atoms with Crippen LogP contribution in [0.4, 0.5) is 10.5 Å². The topological polar surface area (TPSA) is 97.0 Å². The van der Waals surface area contributed by atoms with E-state index in [2.05, 4.69) is 10.6 Å². The molecule has 1 heterocycles. The van der Waals surface area contributed by atoms with Crippen molar-refractivity contribution in [1.82, 2.24) is 9.62 Å². The molecule has 1 aliphatic heterocycles. The molecular formula is C23H37N3O5S.